The number of aliphatic imine (C=N–C) groups is 1. The molecule has 5 heteroatoms. The Morgan fingerprint density at radius 3 is 2.78 bits per heavy atom. The number of carbonyl (C=O) groups excluding carboxylic acids is 1. The average molecular weight is 253 g/mol. The van der Waals surface area contributed by atoms with Gasteiger partial charge in [-0.15, -0.1) is 0 Å². The second-order valence-electron chi connectivity index (χ2n) is 5.85. The van der Waals surface area contributed by atoms with Gasteiger partial charge in [0.1, 0.15) is 11.4 Å². The zero-order valence-electron chi connectivity index (χ0n) is 11.7. The van der Waals surface area contributed by atoms with Crippen molar-refractivity contribution in [2.45, 2.75) is 64.1 Å². The largest absolute Gasteiger partial charge is 0.385 e. The highest BCUT2D eigenvalue weighted by Crippen LogP contribution is 2.42. The molecule has 2 unspecified atom stereocenters. The lowest BCUT2D eigenvalue weighted by Gasteiger charge is -2.49. The summed E-state index contributed by atoms with van der Waals surface area (Å²) in [6, 6.07) is -0.107. The highest BCUT2D eigenvalue weighted by atomic mass is 16.5. The van der Waals surface area contributed by atoms with E-state index < -0.39 is 5.54 Å². The van der Waals surface area contributed by atoms with Crippen LogP contribution in [-0.2, 0) is 4.74 Å². The number of rotatable bonds is 2. The second-order valence-corrected chi connectivity index (χ2v) is 5.85. The molecule has 102 valence electrons. The lowest BCUT2D eigenvalue weighted by Crippen LogP contribution is -2.62. The zero-order valence-corrected chi connectivity index (χ0v) is 11.7. The molecule has 0 aromatic rings. The SMILES string of the molecule is CCC1(C)CC2(CCO1)C(N)=NC(=O)N2C(C)C. The van der Waals surface area contributed by atoms with Gasteiger partial charge in [-0.3, -0.25) is 0 Å². The van der Waals surface area contributed by atoms with E-state index in [0.29, 0.717) is 12.4 Å². The first-order chi connectivity index (χ1) is 8.34. The minimum atomic E-state index is -0.436. The van der Waals surface area contributed by atoms with Crippen molar-refractivity contribution in [2.24, 2.45) is 10.7 Å². The van der Waals surface area contributed by atoms with Crippen molar-refractivity contribution in [1.29, 1.82) is 0 Å². The van der Waals surface area contributed by atoms with Crippen LogP contribution in [0.2, 0.25) is 0 Å². The van der Waals surface area contributed by atoms with Gasteiger partial charge >= 0.3 is 6.03 Å². The van der Waals surface area contributed by atoms with E-state index in [1.165, 1.54) is 0 Å². The Bertz CT molecular complexity index is 394. The maximum atomic E-state index is 12.0. The van der Waals surface area contributed by atoms with Crippen molar-refractivity contribution in [3.05, 3.63) is 0 Å². The Kier molecular flexibility index (Phi) is 3.13. The molecule has 2 heterocycles. The molecule has 2 aliphatic heterocycles. The summed E-state index contributed by atoms with van der Waals surface area (Å²) in [6.45, 7) is 8.82. The summed E-state index contributed by atoms with van der Waals surface area (Å²) in [4.78, 5) is 17.8. The zero-order chi connectivity index (χ0) is 13.6. The molecule has 1 saturated heterocycles. The van der Waals surface area contributed by atoms with Crippen LogP contribution in [0.4, 0.5) is 4.79 Å². The van der Waals surface area contributed by atoms with Crippen LogP contribution in [0.3, 0.4) is 0 Å². The van der Waals surface area contributed by atoms with Crippen LogP contribution < -0.4 is 5.73 Å². The summed E-state index contributed by atoms with van der Waals surface area (Å²) >= 11 is 0. The van der Waals surface area contributed by atoms with E-state index in [2.05, 4.69) is 18.8 Å². The van der Waals surface area contributed by atoms with Crippen molar-refractivity contribution in [1.82, 2.24) is 4.90 Å². The number of nitrogens with zero attached hydrogens (tertiary/aromatic N) is 2. The topological polar surface area (TPSA) is 67.9 Å². The quantitative estimate of drug-likeness (QED) is 0.817. The summed E-state index contributed by atoms with van der Waals surface area (Å²) in [5, 5.41) is 0. The molecule has 0 aromatic heterocycles. The van der Waals surface area contributed by atoms with Crippen LogP contribution >= 0.6 is 0 Å². The van der Waals surface area contributed by atoms with Crippen molar-refractivity contribution in [3.8, 4) is 0 Å². The number of nitrogens with two attached hydrogens (primary N) is 1. The third-order valence-corrected chi connectivity index (χ3v) is 4.26. The van der Waals surface area contributed by atoms with Gasteiger partial charge in [0, 0.05) is 25.5 Å². The maximum absolute atomic E-state index is 12.0. The Hall–Kier alpha value is -1.10. The van der Waals surface area contributed by atoms with E-state index in [1.807, 2.05) is 18.7 Å². The van der Waals surface area contributed by atoms with Gasteiger partial charge in [0.15, 0.2) is 0 Å². The number of urea groups is 1. The van der Waals surface area contributed by atoms with Crippen LogP contribution in [0.15, 0.2) is 4.99 Å². The normalized spacial score (nSPS) is 36.6. The molecular formula is C13H23N3O2. The molecule has 0 aliphatic carbocycles. The van der Waals surface area contributed by atoms with Gasteiger partial charge in [-0.1, -0.05) is 6.92 Å². The minimum absolute atomic E-state index is 0.0986. The smallest absolute Gasteiger partial charge is 0.346 e. The fourth-order valence-corrected chi connectivity index (χ4v) is 3.16. The van der Waals surface area contributed by atoms with E-state index in [-0.39, 0.29) is 17.7 Å². The first-order valence-corrected chi connectivity index (χ1v) is 6.66. The van der Waals surface area contributed by atoms with Gasteiger partial charge in [0.2, 0.25) is 0 Å². The molecule has 0 saturated carbocycles. The van der Waals surface area contributed by atoms with Crippen LogP contribution in [0.5, 0.6) is 0 Å². The van der Waals surface area contributed by atoms with Crippen LogP contribution in [-0.4, -0.2) is 40.6 Å². The van der Waals surface area contributed by atoms with Gasteiger partial charge in [-0.05, 0) is 27.2 Å². The number of amides is 2. The number of ether oxygens (including phenoxy) is 1. The first kappa shape index (κ1) is 13.3. The van der Waals surface area contributed by atoms with Crippen molar-refractivity contribution < 1.29 is 9.53 Å². The predicted molar refractivity (Wildman–Crippen MR) is 70.6 cm³/mol. The summed E-state index contributed by atoms with van der Waals surface area (Å²) in [7, 11) is 0. The molecule has 2 amide bonds. The molecule has 1 spiro atoms. The fourth-order valence-electron chi connectivity index (χ4n) is 3.16. The molecule has 18 heavy (non-hydrogen) atoms. The number of hydrogen-bond donors (Lipinski definition) is 1. The molecular weight excluding hydrogens is 230 g/mol. The van der Waals surface area contributed by atoms with Crippen molar-refractivity contribution >= 4 is 11.9 Å². The molecule has 2 atom stereocenters. The lowest BCUT2D eigenvalue weighted by molar-refractivity contribution is -0.105. The molecule has 0 bridgehead atoms. The van der Waals surface area contributed by atoms with Gasteiger partial charge in [0.25, 0.3) is 0 Å². The Labute approximate surface area is 108 Å². The Morgan fingerprint density at radius 2 is 2.22 bits per heavy atom. The molecule has 1 fully saturated rings. The minimum Gasteiger partial charge on any atom is -0.385 e. The highest BCUT2D eigenvalue weighted by molar-refractivity contribution is 6.06. The third kappa shape index (κ3) is 1.81. The predicted octanol–water partition coefficient (Wildman–Crippen LogP) is 1.91. The summed E-state index contributed by atoms with van der Waals surface area (Å²) in [5.74, 6) is 0.462. The van der Waals surface area contributed by atoms with Gasteiger partial charge in [0.05, 0.1) is 5.60 Å². The van der Waals surface area contributed by atoms with Crippen molar-refractivity contribution in [3.63, 3.8) is 0 Å². The van der Waals surface area contributed by atoms with E-state index in [1.54, 1.807) is 0 Å². The monoisotopic (exact) mass is 253 g/mol. The van der Waals surface area contributed by atoms with Crippen LogP contribution in [0.1, 0.15) is 47.0 Å². The molecule has 5 nitrogen and oxygen atoms in total. The van der Waals surface area contributed by atoms with Gasteiger partial charge in [-0.25, -0.2) is 4.79 Å². The van der Waals surface area contributed by atoms with Gasteiger partial charge in [-0.2, -0.15) is 4.99 Å². The summed E-state index contributed by atoms with van der Waals surface area (Å²) in [6.07, 6.45) is 2.37. The van der Waals surface area contributed by atoms with E-state index in [9.17, 15) is 4.79 Å². The van der Waals surface area contributed by atoms with Gasteiger partial charge < -0.3 is 15.4 Å². The highest BCUT2D eigenvalue weighted by Gasteiger charge is 2.54. The van der Waals surface area contributed by atoms with Crippen LogP contribution in [0, 0.1) is 0 Å². The van der Waals surface area contributed by atoms with Crippen LogP contribution in [0.25, 0.3) is 0 Å². The molecule has 2 rings (SSSR count). The first-order valence-electron chi connectivity index (χ1n) is 6.66. The van der Waals surface area contributed by atoms with E-state index in [4.69, 9.17) is 10.5 Å². The Balaban J connectivity index is 2.38. The average Bonchev–Trinajstić information content (AvgIpc) is 2.50. The van der Waals surface area contributed by atoms with E-state index >= 15 is 0 Å². The number of hydrogen-bond acceptors (Lipinski definition) is 3. The summed E-state index contributed by atoms with van der Waals surface area (Å²) < 4.78 is 5.86. The molecule has 2 N–H and O–H groups in total. The second kappa shape index (κ2) is 4.23. The number of carbonyl (C=O) groups is 1. The Morgan fingerprint density at radius 1 is 1.56 bits per heavy atom. The molecule has 2 aliphatic rings. The lowest BCUT2D eigenvalue weighted by atomic mass is 9.77. The van der Waals surface area contributed by atoms with E-state index in [0.717, 1.165) is 19.3 Å². The fraction of sp³-hybridized carbons (Fsp3) is 0.846. The standard InChI is InChI=1S/C13H23N3O2/c1-5-12(4)8-13(6-7-18-12)10(14)15-11(17)16(13)9(2)3/h9H,5-8H2,1-4H3,(H2,14,15,17). The summed E-state index contributed by atoms with van der Waals surface area (Å²) in [5.41, 5.74) is 5.41. The maximum Gasteiger partial charge on any atom is 0.346 e. The molecule has 0 radical (unpaired) electrons. The number of amidine groups is 1. The van der Waals surface area contributed by atoms with Crippen molar-refractivity contribution in [2.75, 3.05) is 6.61 Å². The molecule has 0 aromatic carbocycles. The third-order valence-electron chi connectivity index (χ3n) is 4.26.